The fourth-order valence-corrected chi connectivity index (χ4v) is 2.26. The van der Waals surface area contributed by atoms with Gasteiger partial charge in [0, 0.05) is 26.2 Å². The summed E-state index contributed by atoms with van der Waals surface area (Å²) in [5, 5.41) is 7.84. The van der Waals surface area contributed by atoms with E-state index in [2.05, 4.69) is 39.8 Å². The third-order valence-corrected chi connectivity index (χ3v) is 3.47. The molecule has 0 aliphatic carbocycles. The Bertz CT molecular complexity index is 486. The maximum atomic E-state index is 5.31. The summed E-state index contributed by atoms with van der Waals surface area (Å²) in [5.41, 5.74) is 5.10. The number of nitrogens with zero attached hydrogens (tertiary/aromatic N) is 2. The maximum absolute atomic E-state index is 5.31. The van der Waals surface area contributed by atoms with Gasteiger partial charge in [-0.05, 0) is 24.7 Å². The monoisotopic (exact) mass is 306 g/mol. The van der Waals surface area contributed by atoms with Gasteiger partial charge in [0.25, 0.3) is 0 Å². The first-order valence-corrected chi connectivity index (χ1v) is 7.58. The molecule has 1 aromatic rings. The first-order chi connectivity index (χ1) is 10.2. The van der Waals surface area contributed by atoms with Crippen LogP contribution in [0.3, 0.4) is 0 Å². The minimum Gasteiger partial charge on any atom is -0.379 e. The molecule has 2 rings (SSSR count). The Kier molecular flexibility index (Phi) is 6.59. The highest BCUT2D eigenvalue weighted by Gasteiger charge is 2.09. The first kappa shape index (κ1) is 15.9. The van der Waals surface area contributed by atoms with E-state index < -0.39 is 0 Å². The first-order valence-electron chi connectivity index (χ1n) is 7.18. The molecule has 0 amide bonds. The lowest BCUT2D eigenvalue weighted by Crippen LogP contribution is -2.42. The van der Waals surface area contributed by atoms with Crippen LogP contribution in [0.4, 0.5) is 0 Å². The molecular formula is C15H22N4OS. The minimum absolute atomic E-state index is 0.548. The Labute approximate surface area is 131 Å². The second-order valence-corrected chi connectivity index (χ2v) is 5.40. The van der Waals surface area contributed by atoms with Crippen LogP contribution < -0.4 is 10.7 Å². The van der Waals surface area contributed by atoms with Gasteiger partial charge in [0.1, 0.15) is 0 Å². The number of nitrogens with one attached hydrogen (secondary N) is 2. The number of hydrogen-bond donors (Lipinski definition) is 2. The fraction of sp³-hybridized carbons (Fsp3) is 0.467. The maximum Gasteiger partial charge on any atom is 0.187 e. The molecule has 2 N–H and O–H groups in total. The van der Waals surface area contributed by atoms with Crippen molar-refractivity contribution >= 4 is 23.5 Å². The van der Waals surface area contributed by atoms with Crippen molar-refractivity contribution in [3.63, 3.8) is 0 Å². The minimum atomic E-state index is 0.548. The molecular weight excluding hydrogens is 284 g/mol. The van der Waals surface area contributed by atoms with Crippen molar-refractivity contribution in [1.29, 1.82) is 0 Å². The van der Waals surface area contributed by atoms with Gasteiger partial charge in [-0.2, -0.15) is 5.10 Å². The van der Waals surface area contributed by atoms with E-state index in [-0.39, 0.29) is 0 Å². The van der Waals surface area contributed by atoms with Crippen molar-refractivity contribution in [2.45, 2.75) is 6.92 Å². The summed E-state index contributed by atoms with van der Waals surface area (Å²) >= 11 is 5.18. The topological polar surface area (TPSA) is 48.9 Å². The molecule has 1 aromatic carbocycles. The Morgan fingerprint density at radius 1 is 1.43 bits per heavy atom. The van der Waals surface area contributed by atoms with E-state index in [0.29, 0.717) is 5.11 Å². The van der Waals surface area contributed by atoms with Gasteiger partial charge in [0.05, 0.1) is 19.4 Å². The molecule has 0 atom stereocenters. The zero-order chi connectivity index (χ0) is 14.9. The summed E-state index contributed by atoms with van der Waals surface area (Å²) in [6.45, 7) is 7.47. The molecule has 114 valence electrons. The second kappa shape index (κ2) is 8.71. The summed E-state index contributed by atoms with van der Waals surface area (Å²) in [7, 11) is 0. The average Bonchev–Trinajstić information content (AvgIpc) is 2.48. The van der Waals surface area contributed by atoms with Crippen LogP contribution in [-0.4, -0.2) is 55.6 Å². The van der Waals surface area contributed by atoms with E-state index in [9.17, 15) is 0 Å². The van der Waals surface area contributed by atoms with Crippen LogP contribution >= 0.6 is 12.2 Å². The summed E-state index contributed by atoms with van der Waals surface area (Å²) in [5.74, 6) is 0. The molecule has 0 spiro atoms. The van der Waals surface area contributed by atoms with Crippen LogP contribution in [0.2, 0.25) is 0 Å². The lowest BCUT2D eigenvalue weighted by molar-refractivity contribution is 0.0389. The van der Waals surface area contributed by atoms with E-state index in [4.69, 9.17) is 17.0 Å². The molecule has 1 heterocycles. The third kappa shape index (κ3) is 6.20. The molecule has 1 fully saturated rings. The third-order valence-electron chi connectivity index (χ3n) is 3.24. The SMILES string of the molecule is Cc1cccc(/C=N\NC(=S)NCCN2CCOCC2)c1. The zero-order valence-electron chi connectivity index (χ0n) is 12.3. The van der Waals surface area contributed by atoms with Crippen LogP contribution in [0.25, 0.3) is 0 Å². The highest BCUT2D eigenvalue weighted by molar-refractivity contribution is 7.80. The predicted octanol–water partition coefficient (Wildman–Crippen LogP) is 1.13. The van der Waals surface area contributed by atoms with E-state index in [1.165, 1.54) is 5.56 Å². The Hall–Kier alpha value is -1.50. The lowest BCUT2D eigenvalue weighted by Gasteiger charge is -2.26. The molecule has 1 aliphatic rings. The van der Waals surface area contributed by atoms with Gasteiger partial charge in [0.2, 0.25) is 0 Å². The van der Waals surface area contributed by atoms with E-state index >= 15 is 0 Å². The molecule has 0 aromatic heterocycles. The van der Waals surface area contributed by atoms with Gasteiger partial charge < -0.3 is 10.1 Å². The molecule has 1 saturated heterocycles. The Morgan fingerprint density at radius 3 is 3.00 bits per heavy atom. The fourth-order valence-electron chi connectivity index (χ4n) is 2.11. The van der Waals surface area contributed by atoms with E-state index in [0.717, 1.165) is 45.0 Å². The Balaban J connectivity index is 1.63. The van der Waals surface area contributed by atoms with Crippen molar-refractivity contribution in [2.75, 3.05) is 39.4 Å². The average molecular weight is 306 g/mol. The standard InChI is InChI=1S/C15H22N4OS/c1-13-3-2-4-14(11-13)12-17-18-15(21)16-5-6-19-7-9-20-10-8-19/h2-4,11-12H,5-10H2,1H3,(H2,16,18,21)/b17-12-. The molecule has 0 saturated carbocycles. The number of hydrogen-bond acceptors (Lipinski definition) is 4. The van der Waals surface area contributed by atoms with Crippen LogP contribution in [0.1, 0.15) is 11.1 Å². The summed E-state index contributed by atoms with van der Waals surface area (Å²) in [4.78, 5) is 2.36. The van der Waals surface area contributed by atoms with Gasteiger partial charge in [-0.15, -0.1) is 0 Å². The highest BCUT2D eigenvalue weighted by Crippen LogP contribution is 2.00. The lowest BCUT2D eigenvalue weighted by atomic mass is 10.2. The molecule has 0 radical (unpaired) electrons. The molecule has 0 unspecified atom stereocenters. The van der Waals surface area contributed by atoms with Crippen molar-refractivity contribution in [3.8, 4) is 0 Å². The predicted molar refractivity (Wildman–Crippen MR) is 89.8 cm³/mol. The number of benzene rings is 1. The van der Waals surface area contributed by atoms with Crippen LogP contribution in [0, 0.1) is 6.92 Å². The molecule has 21 heavy (non-hydrogen) atoms. The Morgan fingerprint density at radius 2 is 2.24 bits per heavy atom. The van der Waals surface area contributed by atoms with Crippen molar-refractivity contribution in [2.24, 2.45) is 5.10 Å². The van der Waals surface area contributed by atoms with Crippen molar-refractivity contribution in [3.05, 3.63) is 35.4 Å². The highest BCUT2D eigenvalue weighted by atomic mass is 32.1. The van der Waals surface area contributed by atoms with Crippen LogP contribution in [0.5, 0.6) is 0 Å². The second-order valence-electron chi connectivity index (χ2n) is 4.99. The molecule has 6 heteroatoms. The van der Waals surface area contributed by atoms with E-state index in [1.807, 2.05) is 12.1 Å². The summed E-state index contributed by atoms with van der Waals surface area (Å²) in [6.07, 6.45) is 1.77. The van der Waals surface area contributed by atoms with E-state index in [1.54, 1.807) is 6.21 Å². The molecule has 5 nitrogen and oxygen atoms in total. The number of rotatable bonds is 5. The number of morpholine rings is 1. The summed E-state index contributed by atoms with van der Waals surface area (Å²) < 4.78 is 5.31. The largest absolute Gasteiger partial charge is 0.379 e. The quantitative estimate of drug-likeness (QED) is 0.485. The van der Waals surface area contributed by atoms with Gasteiger partial charge in [-0.1, -0.05) is 29.8 Å². The number of hydrazone groups is 1. The summed E-state index contributed by atoms with van der Waals surface area (Å²) in [6, 6.07) is 8.14. The van der Waals surface area contributed by atoms with Crippen molar-refractivity contribution < 1.29 is 4.74 Å². The number of thiocarbonyl (C=S) groups is 1. The number of aryl methyl sites for hydroxylation is 1. The van der Waals surface area contributed by atoms with Crippen LogP contribution in [0.15, 0.2) is 29.4 Å². The van der Waals surface area contributed by atoms with Gasteiger partial charge in [-0.25, -0.2) is 0 Å². The zero-order valence-corrected chi connectivity index (χ0v) is 13.2. The van der Waals surface area contributed by atoms with Gasteiger partial charge >= 0.3 is 0 Å². The van der Waals surface area contributed by atoms with Gasteiger partial charge in [-0.3, -0.25) is 10.3 Å². The normalized spacial score (nSPS) is 16.0. The molecule has 0 bridgehead atoms. The van der Waals surface area contributed by atoms with Crippen molar-refractivity contribution in [1.82, 2.24) is 15.6 Å². The van der Waals surface area contributed by atoms with Crippen LogP contribution in [-0.2, 0) is 4.74 Å². The molecule has 1 aliphatic heterocycles. The smallest absolute Gasteiger partial charge is 0.187 e. The van der Waals surface area contributed by atoms with Gasteiger partial charge in [0.15, 0.2) is 5.11 Å². The number of ether oxygens (including phenoxy) is 1.